The first kappa shape index (κ1) is 17.3. The molecule has 26 heavy (non-hydrogen) atoms. The maximum absolute atomic E-state index is 10.5. The van der Waals surface area contributed by atoms with Crippen LogP contribution < -0.4 is 5.32 Å². The van der Waals surface area contributed by atoms with Crippen LogP contribution in [0.15, 0.2) is 40.4 Å². The largest absolute Gasteiger partial charge is 0.508 e. The van der Waals surface area contributed by atoms with E-state index >= 15 is 0 Å². The third kappa shape index (κ3) is 3.70. The van der Waals surface area contributed by atoms with Crippen LogP contribution in [0.25, 0.3) is 0 Å². The Morgan fingerprint density at radius 3 is 2.81 bits per heavy atom. The number of likely N-dealkylation sites (tertiary alicyclic amines) is 1. The summed E-state index contributed by atoms with van der Waals surface area (Å²) in [5.74, 6) is 1.76. The van der Waals surface area contributed by atoms with Crippen molar-refractivity contribution in [2.24, 2.45) is 10.2 Å². The van der Waals surface area contributed by atoms with E-state index in [1.807, 2.05) is 30.3 Å². The second kappa shape index (κ2) is 7.27. The Bertz CT molecular complexity index is 712. The Labute approximate surface area is 155 Å². The van der Waals surface area contributed by atoms with Crippen LogP contribution in [-0.4, -0.2) is 47.6 Å². The smallest absolute Gasteiger partial charge is 0.171 e. The van der Waals surface area contributed by atoms with Crippen LogP contribution in [-0.2, 0) is 0 Å². The Kier molecular flexibility index (Phi) is 4.85. The van der Waals surface area contributed by atoms with Gasteiger partial charge in [0.25, 0.3) is 0 Å². The summed E-state index contributed by atoms with van der Waals surface area (Å²) in [5.41, 5.74) is 2.04. The lowest BCUT2D eigenvalue weighted by atomic mass is 10.0. The number of aromatic hydroxyl groups is 1. The lowest BCUT2D eigenvalue weighted by Gasteiger charge is -2.34. The van der Waals surface area contributed by atoms with Crippen LogP contribution in [0.4, 0.5) is 0 Å². The molecule has 1 saturated carbocycles. The van der Waals surface area contributed by atoms with E-state index in [1.54, 1.807) is 0 Å². The van der Waals surface area contributed by atoms with E-state index in [0.717, 1.165) is 24.5 Å². The van der Waals surface area contributed by atoms with E-state index in [-0.39, 0.29) is 6.17 Å². The van der Waals surface area contributed by atoms with Crippen molar-refractivity contribution < 1.29 is 5.11 Å². The van der Waals surface area contributed by atoms with Crippen molar-refractivity contribution in [2.75, 3.05) is 26.7 Å². The number of nitrogens with one attached hydrogen (secondary N) is 1. The average Bonchev–Trinajstić information content (AvgIpc) is 3.48. The molecule has 2 heterocycles. The molecule has 0 amide bonds. The third-order valence-electron chi connectivity index (χ3n) is 5.67. The second-order valence-corrected chi connectivity index (χ2v) is 7.74. The first-order chi connectivity index (χ1) is 12.6. The number of rotatable bonds is 5. The Morgan fingerprint density at radius 2 is 2.12 bits per heavy atom. The van der Waals surface area contributed by atoms with Gasteiger partial charge in [-0.05, 0) is 56.3 Å². The number of azo groups is 1. The molecule has 6 nitrogen and oxygen atoms in total. The molecular weight excluding hydrogens is 326 g/mol. The summed E-state index contributed by atoms with van der Waals surface area (Å²) in [7, 11) is 1.98. The van der Waals surface area contributed by atoms with Gasteiger partial charge in [-0.1, -0.05) is 19.1 Å². The average molecular weight is 355 g/mol. The molecule has 0 bridgehead atoms. The van der Waals surface area contributed by atoms with Crippen molar-refractivity contribution in [3.05, 3.63) is 41.3 Å². The minimum atomic E-state index is -0.271. The first-order valence-corrected chi connectivity index (χ1v) is 9.80. The summed E-state index contributed by atoms with van der Waals surface area (Å²) in [4.78, 5) is 4.48. The molecule has 0 spiro atoms. The van der Waals surface area contributed by atoms with Gasteiger partial charge in [-0.25, -0.2) is 0 Å². The quantitative estimate of drug-likeness (QED) is 0.848. The van der Waals surface area contributed by atoms with Gasteiger partial charge in [-0.3, -0.25) is 0 Å². The van der Waals surface area contributed by atoms with Crippen molar-refractivity contribution in [1.29, 1.82) is 0 Å². The second-order valence-electron chi connectivity index (χ2n) is 7.74. The van der Waals surface area contributed by atoms with Crippen LogP contribution in [0.2, 0.25) is 0 Å². The van der Waals surface area contributed by atoms with Crippen LogP contribution in [0, 0.1) is 0 Å². The highest BCUT2D eigenvalue weighted by Crippen LogP contribution is 2.43. The molecule has 3 aliphatic rings. The Hall–Kier alpha value is -2.08. The molecule has 2 aliphatic heterocycles. The van der Waals surface area contributed by atoms with E-state index < -0.39 is 0 Å². The number of nitrogens with zero attached hydrogens (tertiary/aromatic N) is 4. The number of benzene rings is 1. The van der Waals surface area contributed by atoms with Crippen molar-refractivity contribution in [1.82, 2.24) is 15.1 Å². The molecule has 1 aliphatic carbocycles. The number of phenolic OH excluding ortho intramolecular Hbond substituents is 1. The summed E-state index contributed by atoms with van der Waals surface area (Å²) in [6.45, 7) is 5.55. The van der Waals surface area contributed by atoms with Crippen molar-refractivity contribution in [3.8, 4) is 5.75 Å². The fourth-order valence-corrected chi connectivity index (χ4v) is 3.95. The van der Waals surface area contributed by atoms with Crippen LogP contribution in [0.1, 0.15) is 55.8 Å². The van der Waals surface area contributed by atoms with Gasteiger partial charge in [0, 0.05) is 31.4 Å². The lowest BCUT2D eigenvalue weighted by Crippen LogP contribution is -2.45. The zero-order valence-corrected chi connectivity index (χ0v) is 15.7. The van der Waals surface area contributed by atoms with E-state index in [1.165, 1.54) is 37.8 Å². The molecule has 4 rings (SSSR count). The third-order valence-corrected chi connectivity index (χ3v) is 5.67. The Balaban J connectivity index is 1.42. The van der Waals surface area contributed by atoms with Crippen molar-refractivity contribution in [3.63, 3.8) is 0 Å². The zero-order valence-electron chi connectivity index (χ0n) is 15.7. The van der Waals surface area contributed by atoms with Gasteiger partial charge < -0.3 is 20.2 Å². The number of hydrogen-bond acceptors (Lipinski definition) is 6. The van der Waals surface area contributed by atoms with E-state index in [9.17, 15) is 5.11 Å². The van der Waals surface area contributed by atoms with Gasteiger partial charge in [-0.15, -0.1) is 5.11 Å². The summed E-state index contributed by atoms with van der Waals surface area (Å²) in [6, 6.07) is 6.44. The van der Waals surface area contributed by atoms with Gasteiger partial charge in [0.05, 0.1) is 0 Å². The first-order valence-electron chi connectivity index (χ1n) is 9.80. The molecule has 1 unspecified atom stereocenters. The Morgan fingerprint density at radius 1 is 1.27 bits per heavy atom. The fraction of sp³-hybridized carbons (Fsp3) is 0.600. The maximum atomic E-state index is 10.5. The molecule has 1 saturated heterocycles. The molecule has 2 N–H and O–H groups in total. The van der Waals surface area contributed by atoms with Crippen LogP contribution in [0.5, 0.6) is 5.75 Å². The summed E-state index contributed by atoms with van der Waals surface area (Å²) >= 11 is 0. The predicted molar refractivity (Wildman–Crippen MR) is 102 cm³/mol. The summed E-state index contributed by atoms with van der Waals surface area (Å²) in [5, 5.41) is 22.8. The van der Waals surface area contributed by atoms with Gasteiger partial charge in [0.15, 0.2) is 12.0 Å². The van der Waals surface area contributed by atoms with E-state index in [2.05, 4.69) is 33.4 Å². The van der Waals surface area contributed by atoms with Gasteiger partial charge in [-0.2, -0.15) is 5.11 Å². The fourth-order valence-electron chi connectivity index (χ4n) is 3.95. The molecule has 0 aromatic heterocycles. The highest BCUT2D eigenvalue weighted by molar-refractivity contribution is 5.41. The number of hydrogen-bond donors (Lipinski definition) is 2. The number of likely N-dealkylation sites (N-methyl/N-ethyl adjacent to an activating group) is 1. The van der Waals surface area contributed by atoms with Gasteiger partial charge in [0.2, 0.25) is 0 Å². The van der Waals surface area contributed by atoms with Crippen molar-refractivity contribution in [2.45, 2.75) is 50.7 Å². The molecule has 0 radical (unpaired) electrons. The van der Waals surface area contributed by atoms with Crippen molar-refractivity contribution >= 4 is 0 Å². The molecule has 140 valence electrons. The molecule has 6 heteroatoms. The molecule has 2 fully saturated rings. The van der Waals surface area contributed by atoms with Crippen LogP contribution in [0.3, 0.4) is 0 Å². The number of phenols is 1. The maximum Gasteiger partial charge on any atom is 0.171 e. The normalized spacial score (nSPS) is 26.7. The topological polar surface area (TPSA) is 63.5 Å². The SMILES string of the molecule is CCN1CCCC(NC2=CN(C)[C@@H](c3ccc(C4CC4)cc3O)N=N2)C1. The minimum absolute atomic E-state index is 0.271. The molecule has 1 aromatic rings. The summed E-state index contributed by atoms with van der Waals surface area (Å²) in [6.07, 6.45) is 6.57. The standard InChI is InChI=1S/C20H29N5O/c1-3-25-10-4-5-16(12-25)21-19-13-24(2)20(23-22-19)17-9-8-15(11-18(17)26)14-6-7-14/h8-9,11,13-14,16,20-21,26H,3-7,10,12H2,1-2H3/t16?,20-/m0/s1. The highest BCUT2D eigenvalue weighted by atomic mass is 16.3. The van der Waals surface area contributed by atoms with E-state index in [4.69, 9.17) is 0 Å². The summed E-state index contributed by atoms with van der Waals surface area (Å²) < 4.78 is 0. The predicted octanol–water partition coefficient (Wildman–Crippen LogP) is 3.54. The molecular formula is C20H29N5O. The highest BCUT2D eigenvalue weighted by Gasteiger charge is 2.27. The van der Waals surface area contributed by atoms with Crippen LogP contribution >= 0.6 is 0 Å². The monoisotopic (exact) mass is 355 g/mol. The molecule has 2 atom stereocenters. The zero-order chi connectivity index (χ0) is 18.1. The molecule has 1 aromatic carbocycles. The number of piperidine rings is 1. The minimum Gasteiger partial charge on any atom is -0.508 e. The van der Waals surface area contributed by atoms with Gasteiger partial charge >= 0.3 is 0 Å². The van der Waals surface area contributed by atoms with Gasteiger partial charge in [0.1, 0.15) is 5.75 Å². The van der Waals surface area contributed by atoms with E-state index in [0.29, 0.717) is 17.7 Å². The lowest BCUT2D eigenvalue weighted by molar-refractivity contribution is 0.202.